The number of unbranched alkanes of at least 4 members (excludes halogenated alkanes) is 1. The van der Waals surface area contributed by atoms with E-state index in [9.17, 15) is 0 Å². The molecule has 114 valence electrons. The number of aryl methyl sites for hydroxylation is 2. The normalized spacial score (nSPS) is 11.8. The largest absolute Gasteiger partial charge is 0.500 e. The van der Waals surface area contributed by atoms with Gasteiger partial charge in [-0.15, -0.1) is 0 Å². The molecule has 0 aliphatic rings. The Labute approximate surface area is 124 Å². The Morgan fingerprint density at radius 2 is 1.60 bits per heavy atom. The average molecular weight is 298 g/mol. The van der Waals surface area contributed by atoms with Crippen molar-refractivity contribution < 1.29 is 17.8 Å². The number of nitrogens with zero attached hydrogens (tertiary/aromatic N) is 1. The van der Waals surface area contributed by atoms with E-state index in [-0.39, 0.29) is 0 Å². The van der Waals surface area contributed by atoms with Crippen molar-refractivity contribution in [2.75, 3.05) is 21.3 Å². The highest BCUT2D eigenvalue weighted by atomic mass is 28.4. The van der Waals surface area contributed by atoms with Gasteiger partial charge in [-0.25, -0.2) is 4.57 Å². The Balaban J connectivity index is 2.33. The van der Waals surface area contributed by atoms with Crippen molar-refractivity contribution in [3.63, 3.8) is 0 Å². The van der Waals surface area contributed by atoms with Crippen molar-refractivity contribution in [3.05, 3.63) is 30.1 Å². The number of pyridine rings is 1. The topological polar surface area (TPSA) is 31.6 Å². The van der Waals surface area contributed by atoms with Gasteiger partial charge in [0.2, 0.25) is 0 Å². The fraction of sp³-hybridized carbons (Fsp3) is 0.667. The zero-order valence-electron chi connectivity index (χ0n) is 13.2. The number of hydrogen-bond donors (Lipinski definition) is 0. The summed E-state index contributed by atoms with van der Waals surface area (Å²) < 4.78 is 18.5. The molecule has 0 saturated heterocycles. The zero-order valence-corrected chi connectivity index (χ0v) is 14.2. The molecule has 1 rings (SSSR count). The summed E-state index contributed by atoms with van der Waals surface area (Å²) in [7, 11) is 2.62. The van der Waals surface area contributed by atoms with Crippen LogP contribution in [0.15, 0.2) is 24.5 Å². The van der Waals surface area contributed by atoms with Crippen LogP contribution in [0.3, 0.4) is 0 Å². The summed E-state index contributed by atoms with van der Waals surface area (Å²) in [6.07, 6.45) is 8.83. The molecule has 0 amide bonds. The van der Waals surface area contributed by atoms with E-state index in [2.05, 4.69) is 36.0 Å². The molecule has 1 aromatic heterocycles. The Morgan fingerprint density at radius 1 is 1.00 bits per heavy atom. The van der Waals surface area contributed by atoms with Gasteiger partial charge in [-0.2, -0.15) is 0 Å². The molecule has 0 aromatic carbocycles. The van der Waals surface area contributed by atoms with Crippen LogP contribution in [0, 0.1) is 0 Å². The minimum Gasteiger partial charge on any atom is -0.377 e. The summed E-state index contributed by atoms with van der Waals surface area (Å²) in [6, 6.07) is 5.29. The molecule has 4 nitrogen and oxygen atoms in total. The number of rotatable bonds is 10. The number of aromatic nitrogens is 1. The van der Waals surface area contributed by atoms with Gasteiger partial charge in [-0.3, -0.25) is 0 Å². The Bertz CT molecular complexity index is 358. The second-order valence-electron chi connectivity index (χ2n) is 4.95. The Hall–Kier alpha value is -0.753. The highest BCUT2D eigenvalue weighted by molar-refractivity contribution is 6.60. The van der Waals surface area contributed by atoms with Crippen LogP contribution < -0.4 is 4.57 Å². The van der Waals surface area contributed by atoms with Crippen molar-refractivity contribution in [3.8, 4) is 0 Å². The third-order valence-electron chi connectivity index (χ3n) is 3.58. The SMILES string of the molecule is CCCc1cc[n+](CCCC[Si](OC)(OC)OC)cc1. The minimum atomic E-state index is -2.38. The molecular weight excluding hydrogens is 270 g/mol. The molecule has 0 unspecified atom stereocenters. The first-order valence-corrected chi connectivity index (χ1v) is 9.26. The summed E-state index contributed by atoms with van der Waals surface area (Å²) in [5.74, 6) is 0. The maximum atomic E-state index is 5.42. The maximum absolute atomic E-state index is 5.42. The van der Waals surface area contributed by atoms with Gasteiger partial charge in [0.1, 0.15) is 6.54 Å². The van der Waals surface area contributed by atoms with Crippen LogP contribution in [0.2, 0.25) is 6.04 Å². The Kier molecular flexibility index (Phi) is 7.99. The Morgan fingerprint density at radius 3 is 2.10 bits per heavy atom. The number of hydrogen-bond acceptors (Lipinski definition) is 3. The molecule has 20 heavy (non-hydrogen) atoms. The van der Waals surface area contributed by atoms with Crippen molar-refractivity contribution in [2.24, 2.45) is 0 Å². The van der Waals surface area contributed by atoms with Crippen LogP contribution in [0.4, 0.5) is 0 Å². The third-order valence-corrected chi connectivity index (χ3v) is 6.41. The van der Waals surface area contributed by atoms with Gasteiger partial charge in [0.05, 0.1) is 0 Å². The molecule has 1 aromatic rings. The van der Waals surface area contributed by atoms with E-state index in [0.29, 0.717) is 0 Å². The molecule has 0 aliphatic carbocycles. The third kappa shape index (κ3) is 5.32. The molecule has 0 saturated carbocycles. The summed E-state index contributed by atoms with van der Waals surface area (Å²) >= 11 is 0. The van der Waals surface area contributed by atoms with Gasteiger partial charge in [0, 0.05) is 45.9 Å². The minimum absolute atomic E-state index is 0.866. The summed E-state index contributed by atoms with van der Waals surface area (Å²) in [5, 5.41) is 0. The molecule has 0 radical (unpaired) electrons. The maximum Gasteiger partial charge on any atom is 0.500 e. The first kappa shape index (κ1) is 17.3. The lowest BCUT2D eigenvalue weighted by Crippen LogP contribution is -2.42. The summed E-state index contributed by atoms with van der Waals surface area (Å²) in [5.41, 5.74) is 1.41. The molecule has 1 heterocycles. The molecule has 0 atom stereocenters. The molecule has 0 bridgehead atoms. The highest BCUT2D eigenvalue weighted by Gasteiger charge is 2.36. The van der Waals surface area contributed by atoms with E-state index in [1.54, 1.807) is 21.3 Å². The predicted molar refractivity (Wildman–Crippen MR) is 81.5 cm³/mol. The van der Waals surface area contributed by atoms with Crippen molar-refractivity contribution >= 4 is 8.80 Å². The van der Waals surface area contributed by atoms with E-state index in [4.69, 9.17) is 13.3 Å². The lowest BCUT2D eigenvalue weighted by Gasteiger charge is -2.23. The van der Waals surface area contributed by atoms with Gasteiger partial charge in [-0.1, -0.05) is 13.3 Å². The van der Waals surface area contributed by atoms with E-state index in [1.165, 1.54) is 12.0 Å². The molecule has 5 heteroatoms. The highest BCUT2D eigenvalue weighted by Crippen LogP contribution is 2.16. The standard InChI is InChI=1S/C15H28NO3Si/c1-5-8-15-9-12-16(13-10-15)11-6-7-14-20(17-2,18-3)19-4/h9-10,12-13H,5-8,11,14H2,1-4H3/q+1. The van der Waals surface area contributed by atoms with E-state index in [0.717, 1.165) is 31.9 Å². The van der Waals surface area contributed by atoms with Crippen LogP contribution >= 0.6 is 0 Å². The quantitative estimate of drug-likeness (QED) is 0.378. The molecule has 0 N–H and O–H groups in total. The lowest BCUT2D eigenvalue weighted by atomic mass is 10.1. The van der Waals surface area contributed by atoms with Gasteiger partial charge < -0.3 is 13.3 Å². The zero-order chi connectivity index (χ0) is 14.8. The molecular formula is C15H28NO3Si+. The van der Waals surface area contributed by atoms with E-state index < -0.39 is 8.80 Å². The second kappa shape index (κ2) is 9.23. The van der Waals surface area contributed by atoms with Crippen LogP contribution in [-0.2, 0) is 26.2 Å². The van der Waals surface area contributed by atoms with Crippen molar-refractivity contribution in [1.29, 1.82) is 0 Å². The fourth-order valence-corrected chi connectivity index (χ4v) is 4.08. The van der Waals surface area contributed by atoms with Crippen molar-refractivity contribution in [1.82, 2.24) is 0 Å². The van der Waals surface area contributed by atoms with Crippen LogP contribution in [-0.4, -0.2) is 30.1 Å². The summed E-state index contributed by atoms with van der Waals surface area (Å²) in [4.78, 5) is 0. The monoisotopic (exact) mass is 298 g/mol. The van der Waals surface area contributed by atoms with Crippen LogP contribution in [0.25, 0.3) is 0 Å². The summed E-state index contributed by atoms with van der Waals surface area (Å²) in [6.45, 7) is 3.23. The first-order chi connectivity index (χ1) is 9.69. The molecule has 0 spiro atoms. The van der Waals surface area contributed by atoms with E-state index >= 15 is 0 Å². The second-order valence-corrected chi connectivity index (χ2v) is 8.04. The van der Waals surface area contributed by atoms with E-state index in [1.807, 2.05) is 0 Å². The van der Waals surface area contributed by atoms with Gasteiger partial charge in [0.15, 0.2) is 12.4 Å². The van der Waals surface area contributed by atoms with Gasteiger partial charge >= 0.3 is 8.80 Å². The predicted octanol–water partition coefficient (Wildman–Crippen LogP) is 2.58. The van der Waals surface area contributed by atoms with Crippen LogP contribution in [0.5, 0.6) is 0 Å². The fourth-order valence-electron chi connectivity index (χ4n) is 2.28. The lowest BCUT2D eigenvalue weighted by molar-refractivity contribution is -0.697. The van der Waals surface area contributed by atoms with Crippen LogP contribution in [0.1, 0.15) is 31.7 Å². The first-order valence-electron chi connectivity index (χ1n) is 7.33. The van der Waals surface area contributed by atoms with Gasteiger partial charge in [0.25, 0.3) is 0 Å². The molecule has 0 aliphatic heterocycles. The van der Waals surface area contributed by atoms with Crippen molar-refractivity contribution in [2.45, 2.75) is 45.2 Å². The molecule has 0 fully saturated rings. The average Bonchev–Trinajstić information content (AvgIpc) is 2.50. The van der Waals surface area contributed by atoms with Gasteiger partial charge in [-0.05, 0) is 18.4 Å². The smallest absolute Gasteiger partial charge is 0.377 e.